The van der Waals surface area contributed by atoms with E-state index in [-0.39, 0.29) is 23.4 Å². The molecule has 0 aliphatic carbocycles. The van der Waals surface area contributed by atoms with Gasteiger partial charge < -0.3 is 13.8 Å². The van der Waals surface area contributed by atoms with E-state index in [0.29, 0.717) is 23.5 Å². The van der Waals surface area contributed by atoms with E-state index in [1.54, 1.807) is 6.07 Å². The smallest absolute Gasteiger partial charge is 0.376 e. The van der Waals surface area contributed by atoms with E-state index in [4.69, 9.17) is 16.3 Å². The van der Waals surface area contributed by atoms with Gasteiger partial charge in [-0.3, -0.25) is 0 Å². The monoisotopic (exact) mass is 373 g/mol. The molecule has 1 atom stereocenters. The predicted molar refractivity (Wildman–Crippen MR) is 79.7 cm³/mol. The molecule has 0 N–H and O–H groups in total. The molecule has 4 heterocycles. The maximum atomic E-state index is 12.6. The fraction of sp³-hybridized carbons (Fsp3) is 0.429. The third-order valence-corrected chi connectivity index (χ3v) is 4.13. The molecule has 1 aliphatic heterocycles. The van der Waals surface area contributed by atoms with Crippen molar-refractivity contribution in [2.45, 2.75) is 31.1 Å². The summed E-state index contributed by atoms with van der Waals surface area (Å²) in [5.41, 5.74) is 1.35. The highest BCUT2D eigenvalue weighted by Gasteiger charge is 2.38. The minimum absolute atomic E-state index is 0.0902. The van der Waals surface area contributed by atoms with Crippen LogP contribution in [0, 0.1) is 0 Å². The van der Waals surface area contributed by atoms with Crippen LogP contribution >= 0.6 is 11.6 Å². The number of hydrogen-bond donors (Lipinski definition) is 0. The lowest BCUT2D eigenvalue weighted by Gasteiger charge is -2.27. The quantitative estimate of drug-likeness (QED) is 0.654. The number of halogens is 4. The second kappa shape index (κ2) is 5.95. The first-order valence-corrected chi connectivity index (χ1v) is 7.93. The van der Waals surface area contributed by atoms with Crippen molar-refractivity contribution in [1.29, 1.82) is 0 Å². The molecular weight excluding hydrogens is 363 g/mol. The third-order valence-electron chi connectivity index (χ3n) is 3.89. The summed E-state index contributed by atoms with van der Waals surface area (Å²) in [6.07, 6.45) is -2.28. The zero-order chi connectivity index (χ0) is 17.6. The molecule has 3 aromatic rings. The van der Waals surface area contributed by atoms with Crippen LogP contribution in [0.1, 0.15) is 18.1 Å². The van der Waals surface area contributed by atoms with E-state index in [1.807, 2.05) is 4.57 Å². The summed E-state index contributed by atoms with van der Waals surface area (Å²) in [5.74, 6) is -0.817. The Morgan fingerprint density at radius 2 is 2.12 bits per heavy atom. The molecule has 0 radical (unpaired) electrons. The number of alkyl halides is 4. The lowest BCUT2D eigenvalue weighted by atomic mass is 10.2. The summed E-state index contributed by atoms with van der Waals surface area (Å²) >= 11 is 5.94. The molecule has 0 amide bonds. The summed E-state index contributed by atoms with van der Waals surface area (Å²) in [4.78, 5) is 12.0. The number of aromatic nitrogens is 5. The normalized spacial score (nSPS) is 17.8. The molecule has 0 bridgehead atoms. The van der Waals surface area contributed by atoms with Crippen molar-refractivity contribution < 1.29 is 22.4 Å². The predicted octanol–water partition coefficient (Wildman–Crippen LogP) is 3.03. The summed E-state index contributed by atoms with van der Waals surface area (Å²) in [5, 5.41) is 3.35. The van der Waals surface area contributed by atoms with Crippen LogP contribution in [0.5, 0.6) is 0 Å². The summed E-state index contributed by atoms with van der Waals surface area (Å²) in [7, 11) is 0. The number of pyridine rings is 1. The summed E-state index contributed by atoms with van der Waals surface area (Å²) in [6, 6.07) is 1.56. The Labute approximate surface area is 143 Å². The molecule has 1 saturated heterocycles. The fourth-order valence-electron chi connectivity index (χ4n) is 2.56. The molecule has 11 heteroatoms. The highest BCUT2D eigenvalue weighted by Crippen LogP contribution is 2.30. The second-order valence-electron chi connectivity index (χ2n) is 5.54. The van der Waals surface area contributed by atoms with Crippen LogP contribution in [-0.4, -0.2) is 37.4 Å². The van der Waals surface area contributed by atoms with Gasteiger partial charge in [0.25, 0.3) is 0 Å². The van der Waals surface area contributed by atoms with Crippen LogP contribution in [0.25, 0.3) is 22.6 Å². The first-order chi connectivity index (χ1) is 12.0. The fourth-order valence-corrected chi connectivity index (χ4v) is 2.77. The maximum absolute atomic E-state index is 12.6. The molecule has 1 aliphatic rings. The van der Waals surface area contributed by atoms with Crippen LogP contribution in [-0.2, 0) is 23.3 Å². The number of nitrogens with zero attached hydrogens (tertiary/aromatic N) is 5. The van der Waals surface area contributed by atoms with Gasteiger partial charge in [-0.25, -0.2) is 9.97 Å². The molecule has 1 fully saturated rings. The summed E-state index contributed by atoms with van der Waals surface area (Å²) < 4.78 is 49.3. The van der Waals surface area contributed by atoms with Gasteiger partial charge in [0.05, 0.1) is 18.5 Å². The van der Waals surface area contributed by atoms with E-state index in [1.165, 1.54) is 6.20 Å². The van der Waals surface area contributed by atoms with Gasteiger partial charge in [0.2, 0.25) is 5.82 Å². The van der Waals surface area contributed by atoms with Crippen molar-refractivity contribution in [3.63, 3.8) is 0 Å². The van der Waals surface area contributed by atoms with Crippen molar-refractivity contribution in [3.8, 4) is 11.4 Å². The zero-order valence-electron chi connectivity index (χ0n) is 12.6. The second-order valence-corrected chi connectivity index (χ2v) is 5.81. The van der Waals surface area contributed by atoms with Crippen molar-refractivity contribution in [3.05, 3.63) is 24.0 Å². The number of imidazole rings is 1. The third kappa shape index (κ3) is 2.95. The van der Waals surface area contributed by atoms with Gasteiger partial charge in [0.15, 0.2) is 5.65 Å². The number of ether oxygens (including phenoxy) is 1. The van der Waals surface area contributed by atoms with Gasteiger partial charge in [-0.15, -0.1) is 11.6 Å². The maximum Gasteiger partial charge on any atom is 0.471 e. The Bertz CT molecular complexity index is 919. The zero-order valence-corrected chi connectivity index (χ0v) is 13.4. The van der Waals surface area contributed by atoms with Gasteiger partial charge in [0, 0.05) is 18.4 Å². The van der Waals surface area contributed by atoms with Crippen LogP contribution in [0.4, 0.5) is 13.2 Å². The van der Waals surface area contributed by atoms with Gasteiger partial charge in [-0.05, 0) is 12.5 Å². The first kappa shape index (κ1) is 16.3. The molecule has 0 aromatic carbocycles. The van der Waals surface area contributed by atoms with Crippen LogP contribution in [0.3, 0.4) is 0 Å². The topological polar surface area (TPSA) is 78.9 Å². The SMILES string of the molecule is FC(F)(F)c1nc(-c2cnc3c(c2)nc(CCl)n3CC2CCO2)no1. The lowest BCUT2D eigenvalue weighted by molar-refractivity contribution is -0.159. The molecule has 132 valence electrons. The molecule has 0 saturated carbocycles. The van der Waals surface area contributed by atoms with Crippen molar-refractivity contribution in [1.82, 2.24) is 24.7 Å². The van der Waals surface area contributed by atoms with Crippen molar-refractivity contribution >= 4 is 22.8 Å². The Morgan fingerprint density at radius 1 is 1.32 bits per heavy atom. The van der Waals surface area contributed by atoms with Crippen LogP contribution in [0.2, 0.25) is 0 Å². The van der Waals surface area contributed by atoms with E-state index < -0.39 is 12.1 Å². The van der Waals surface area contributed by atoms with Gasteiger partial charge in [0.1, 0.15) is 11.3 Å². The van der Waals surface area contributed by atoms with Crippen LogP contribution < -0.4 is 0 Å². The molecular formula is C14H11ClF3N5O2. The number of rotatable bonds is 4. The Morgan fingerprint density at radius 3 is 2.72 bits per heavy atom. The van der Waals surface area contributed by atoms with E-state index >= 15 is 0 Å². The number of fused-ring (bicyclic) bond motifs is 1. The Balaban J connectivity index is 1.71. The molecule has 0 spiro atoms. The van der Waals surface area contributed by atoms with Gasteiger partial charge >= 0.3 is 12.1 Å². The minimum atomic E-state index is -4.70. The Kier molecular flexibility index (Phi) is 3.88. The molecule has 3 aromatic heterocycles. The van der Waals surface area contributed by atoms with E-state index in [2.05, 4.69) is 24.6 Å². The van der Waals surface area contributed by atoms with Crippen molar-refractivity contribution in [2.75, 3.05) is 6.61 Å². The molecule has 25 heavy (non-hydrogen) atoms. The van der Waals surface area contributed by atoms with Crippen molar-refractivity contribution in [2.24, 2.45) is 0 Å². The van der Waals surface area contributed by atoms with Gasteiger partial charge in [-0.1, -0.05) is 5.16 Å². The minimum Gasteiger partial charge on any atom is -0.376 e. The Hall–Kier alpha value is -2.20. The van der Waals surface area contributed by atoms with E-state index in [9.17, 15) is 13.2 Å². The van der Waals surface area contributed by atoms with E-state index in [0.717, 1.165) is 13.0 Å². The van der Waals surface area contributed by atoms with Gasteiger partial charge in [-0.2, -0.15) is 18.2 Å². The standard InChI is InChI=1S/C14H11ClF3N5O2/c15-4-10-20-9-3-7(11-21-13(25-22-11)14(16,17)18)5-19-12(9)23(10)6-8-1-2-24-8/h3,5,8H,1-2,4,6H2. The average molecular weight is 374 g/mol. The highest BCUT2D eigenvalue weighted by atomic mass is 35.5. The highest BCUT2D eigenvalue weighted by molar-refractivity contribution is 6.16. The molecule has 4 rings (SSSR count). The largest absolute Gasteiger partial charge is 0.471 e. The average Bonchev–Trinajstić information content (AvgIpc) is 3.14. The molecule has 7 nitrogen and oxygen atoms in total. The van der Waals surface area contributed by atoms with Crippen LogP contribution in [0.15, 0.2) is 16.8 Å². The summed E-state index contributed by atoms with van der Waals surface area (Å²) in [6.45, 7) is 1.30. The lowest BCUT2D eigenvalue weighted by Crippen LogP contribution is -2.31. The molecule has 1 unspecified atom stereocenters. The number of hydrogen-bond acceptors (Lipinski definition) is 6. The first-order valence-electron chi connectivity index (χ1n) is 7.39.